The van der Waals surface area contributed by atoms with E-state index < -0.39 is 5.97 Å². The zero-order chi connectivity index (χ0) is 13.3. The van der Waals surface area contributed by atoms with Gasteiger partial charge in [-0.3, -0.25) is 4.79 Å². The highest BCUT2D eigenvalue weighted by molar-refractivity contribution is 6.36. The maximum atomic E-state index is 11.6. The first-order chi connectivity index (χ1) is 8.54. The Bertz CT molecular complexity index is 632. The third kappa shape index (κ3) is 2.04. The van der Waals surface area contributed by atoms with Crippen LogP contribution in [0.4, 0.5) is 5.69 Å². The van der Waals surface area contributed by atoms with Gasteiger partial charge in [0.15, 0.2) is 5.58 Å². The van der Waals surface area contributed by atoms with Crippen LogP contribution in [-0.4, -0.2) is 19.0 Å². The second-order valence-corrected chi connectivity index (χ2v) is 4.02. The molecule has 0 spiro atoms. The van der Waals surface area contributed by atoms with Gasteiger partial charge in [-0.2, -0.15) is 0 Å². The second-order valence-electron chi connectivity index (χ2n) is 3.62. The number of hydrogen-bond acceptors (Lipinski definition) is 4. The average molecular weight is 268 g/mol. The van der Waals surface area contributed by atoms with Gasteiger partial charge >= 0.3 is 5.97 Å². The first-order valence-corrected chi connectivity index (χ1v) is 5.48. The first-order valence-electron chi connectivity index (χ1n) is 5.10. The van der Waals surface area contributed by atoms with Gasteiger partial charge in [-0.05, 0) is 12.1 Å². The molecule has 0 bridgehead atoms. The Hall–Kier alpha value is -2.01. The SMILES string of the molecule is COC(=O)c1cc(Cl)c(NC(C)=O)c2ccoc12. The van der Waals surface area contributed by atoms with Crippen molar-refractivity contribution in [3.63, 3.8) is 0 Å². The normalized spacial score (nSPS) is 10.4. The van der Waals surface area contributed by atoms with E-state index in [2.05, 4.69) is 10.1 Å². The van der Waals surface area contributed by atoms with E-state index in [-0.39, 0.29) is 16.5 Å². The minimum absolute atomic E-state index is 0.219. The number of carbonyl (C=O) groups is 2. The molecule has 0 aliphatic carbocycles. The molecule has 1 amide bonds. The third-order valence-electron chi connectivity index (χ3n) is 2.40. The third-order valence-corrected chi connectivity index (χ3v) is 2.69. The van der Waals surface area contributed by atoms with Crippen molar-refractivity contribution in [2.45, 2.75) is 6.92 Å². The molecule has 0 saturated carbocycles. The molecule has 0 aliphatic heterocycles. The molecule has 1 heterocycles. The summed E-state index contributed by atoms with van der Waals surface area (Å²) in [4.78, 5) is 22.7. The molecule has 2 rings (SSSR count). The Morgan fingerprint density at radius 2 is 2.17 bits per heavy atom. The monoisotopic (exact) mass is 267 g/mol. The van der Waals surface area contributed by atoms with Crippen molar-refractivity contribution in [3.8, 4) is 0 Å². The molecular formula is C12H10ClNO4. The summed E-state index contributed by atoms with van der Waals surface area (Å²) >= 11 is 6.05. The van der Waals surface area contributed by atoms with Crippen LogP contribution < -0.4 is 5.32 Å². The Kier molecular flexibility index (Phi) is 3.25. The van der Waals surface area contributed by atoms with Crippen LogP contribution in [0.15, 0.2) is 22.8 Å². The maximum Gasteiger partial charge on any atom is 0.341 e. The number of benzene rings is 1. The lowest BCUT2D eigenvalue weighted by Gasteiger charge is -2.08. The molecule has 0 unspecified atom stereocenters. The van der Waals surface area contributed by atoms with Crippen LogP contribution in [0, 0.1) is 0 Å². The summed E-state index contributed by atoms with van der Waals surface area (Å²) in [6.07, 6.45) is 1.42. The lowest BCUT2D eigenvalue weighted by atomic mass is 10.1. The van der Waals surface area contributed by atoms with Gasteiger partial charge in [-0.15, -0.1) is 0 Å². The Balaban J connectivity index is 2.69. The summed E-state index contributed by atoms with van der Waals surface area (Å²) in [5, 5.41) is 3.41. The molecule has 0 saturated heterocycles. The molecule has 1 aromatic carbocycles. The van der Waals surface area contributed by atoms with Gasteiger partial charge in [-0.25, -0.2) is 4.79 Å². The molecule has 0 atom stereocenters. The molecular weight excluding hydrogens is 258 g/mol. The van der Waals surface area contributed by atoms with Crippen LogP contribution in [0.1, 0.15) is 17.3 Å². The Morgan fingerprint density at radius 1 is 1.44 bits per heavy atom. The number of fused-ring (bicyclic) bond motifs is 1. The van der Waals surface area contributed by atoms with Crippen LogP contribution in [0.2, 0.25) is 5.02 Å². The first kappa shape index (κ1) is 12.4. The van der Waals surface area contributed by atoms with E-state index in [1.807, 2.05) is 0 Å². The van der Waals surface area contributed by atoms with Gasteiger partial charge in [0.2, 0.25) is 5.91 Å². The van der Waals surface area contributed by atoms with Crippen molar-refractivity contribution in [1.29, 1.82) is 0 Å². The van der Waals surface area contributed by atoms with Crippen LogP contribution in [0.5, 0.6) is 0 Å². The van der Waals surface area contributed by atoms with Crippen molar-refractivity contribution in [2.24, 2.45) is 0 Å². The van der Waals surface area contributed by atoms with Gasteiger partial charge in [0, 0.05) is 12.3 Å². The number of ether oxygens (including phenoxy) is 1. The minimum Gasteiger partial charge on any atom is -0.465 e. The number of methoxy groups -OCH3 is 1. The number of halogens is 1. The summed E-state index contributed by atoms with van der Waals surface area (Å²) in [6.45, 7) is 1.37. The fourth-order valence-corrected chi connectivity index (χ4v) is 1.93. The van der Waals surface area contributed by atoms with Crippen molar-refractivity contribution in [2.75, 3.05) is 12.4 Å². The molecule has 0 fully saturated rings. The predicted octanol–water partition coefficient (Wildman–Crippen LogP) is 2.83. The number of anilines is 1. The summed E-state index contributed by atoms with van der Waals surface area (Å²) in [5.41, 5.74) is 0.965. The highest BCUT2D eigenvalue weighted by atomic mass is 35.5. The average Bonchev–Trinajstić information content (AvgIpc) is 2.80. The Labute approximate surface area is 108 Å². The van der Waals surface area contributed by atoms with E-state index in [0.717, 1.165) is 0 Å². The maximum absolute atomic E-state index is 11.6. The van der Waals surface area contributed by atoms with Crippen molar-refractivity contribution in [3.05, 3.63) is 29.0 Å². The van der Waals surface area contributed by atoms with Gasteiger partial charge < -0.3 is 14.5 Å². The van der Waals surface area contributed by atoms with E-state index >= 15 is 0 Å². The van der Waals surface area contributed by atoms with Gasteiger partial charge in [0.05, 0.1) is 24.1 Å². The van der Waals surface area contributed by atoms with E-state index in [4.69, 9.17) is 16.0 Å². The van der Waals surface area contributed by atoms with Gasteiger partial charge in [0.25, 0.3) is 0 Å². The van der Waals surface area contributed by atoms with Crippen LogP contribution in [-0.2, 0) is 9.53 Å². The number of furan rings is 1. The van der Waals surface area contributed by atoms with Crippen LogP contribution >= 0.6 is 11.6 Å². The topological polar surface area (TPSA) is 68.5 Å². The van der Waals surface area contributed by atoms with E-state index in [9.17, 15) is 9.59 Å². The van der Waals surface area contributed by atoms with Crippen molar-refractivity contribution < 1.29 is 18.7 Å². The smallest absolute Gasteiger partial charge is 0.341 e. The summed E-state index contributed by atoms with van der Waals surface area (Å²) in [7, 11) is 1.27. The molecule has 6 heteroatoms. The predicted molar refractivity (Wildman–Crippen MR) is 66.9 cm³/mol. The fourth-order valence-electron chi connectivity index (χ4n) is 1.67. The number of esters is 1. The zero-order valence-corrected chi connectivity index (χ0v) is 10.5. The van der Waals surface area contributed by atoms with Crippen molar-refractivity contribution >= 4 is 40.1 Å². The molecule has 5 nitrogen and oxygen atoms in total. The molecule has 18 heavy (non-hydrogen) atoms. The summed E-state index contributed by atoms with van der Waals surface area (Å²) in [6, 6.07) is 3.03. The highest BCUT2D eigenvalue weighted by Crippen LogP contribution is 2.35. The van der Waals surface area contributed by atoms with Crippen LogP contribution in [0.3, 0.4) is 0 Å². The zero-order valence-electron chi connectivity index (χ0n) is 9.74. The number of carbonyl (C=O) groups excluding carboxylic acids is 2. The second kappa shape index (κ2) is 4.70. The fraction of sp³-hybridized carbons (Fsp3) is 0.167. The molecule has 1 aromatic heterocycles. The number of amides is 1. The van der Waals surface area contributed by atoms with E-state index in [0.29, 0.717) is 16.7 Å². The number of hydrogen-bond donors (Lipinski definition) is 1. The molecule has 2 aromatic rings. The summed E-state index contributed by atoms with van der Waals surface area (Å²) < 4.78 is 9.88. The van der Waals surface area contributed by atoms with E-state index in [1.165, 1.54) is 26.4 Å². The van der Waals surface area contributed by atoms with Gasteiger partial charge in [0.1, 0.15) is 5.56 Å². The molecule has 1 N–H and O–H groups in total. The number of rotatable bonds is 2. The lowest BCUT2D eigenvalue weighted by molar-refractivity contribution is -0.114. The quantitative estimate of drug-likeness (QED) is 0.850. The van der Waals surface area contributed by atoms with E-state index in [1.54, 1.807) is 6.07 Å². The highest BCUT2D eigenvalue weighted by Gasteiger charge is 2.19. The number of nitrogens with one attached hydrogen (secondary N) is 1. The molecule has 94 valence electrons. The standard InChI is InChI=1S/C12H10ClNO4/c1-6(15)14-10-7-3-4-18-11(7)8(5-9(10)13)12(16)17-2/h3-5H,1-2H3,(H,14,15). The minimum atomic E-state index is -0.550. The lowest BCUT2D eigenvalue weighted by Crippen LogP contribution is -2.08. The van der Waals surface area contributed by atoms with Crippen molar-refractivity contribution in [1.82, 2.24) is 0 Å². The molecule has 0 radical (unpaired) electrons. The molecule has 0 aliphatic rings. The Morgan fingerprint density at radius 3 is 2.78 bits per heavy atom. The van der Waals surface area contributed by atoms with Gasteiger partial charge in [-0.1, -0.05) is 11.6 Å². The largest absolute Gasteiger partial charge is 0.465 e. The summed E-state index contributed by atoms with van der Waals surface area (Å²) in [5.74, 6) is -0.809. The van der Waals surface area contributed by atoms with Crippen LogP contribution in [0.25, 0.3) is 11.0 Å².